The zero-order valence-electron chi connectivity index (χ0n) is 11.6. The third kappa shape index (κ3) is 5.00. The molecule has 6 nitrogen and oxygen atoms in total. The van der Waals surface area contributed by atoms with Crippen LogP contribution in [0.2, 0.25) is 0 Å². The molecule has 112 valence electrons. The molecule has 0 spiro atoms. The summed E-state index contributed by atoms with van der Waals surface area (Å²) < 4.78 is 5.28. The van der Waals surface area contributed by atoms with Crippen LogP contribution in [-0.4, -0.2) is 41.7 Å². The summed E-state index contributed by atoms with van der Waals surface area (Å²) in [5.41, 5.74) is 0.999. The summed E-state index contributed by atoms with van der Waals surface area (Å²) in [6.07, 6.45) is 7.34. The van der Waals surface area contributed by atoms with Crippen LogP contribution >= 0.6 is 0 Å². The first-order chi connectivity index (χ1) is 10.1. The Morgan fingerprint density at radius 3 is 3.05 bits per heavy atom. The van der Waals surface area contributed by atoms with E-state index in [1.165, 1.54) is 18.5 Å². The van der Waals surface area contributed by atoms with Crippen LogP contribution in [0.1, 0.15) is 28.8 Å². The summed E-state index contributed by atoms with van der Waals surface area (Å²) in [6, 6.07) is 1.61. The molecule has 1 aliphatic rings. The molecule has 0 aromatic carbocycles. The minimum atomic E-state index is -1.04. The highest BCUT2D eigenvalue weighted by Gasteiger charge is 2.15. The number of nitrogens with zero attached hydrogens (tertiary/aromatic N) is 1. The van der Waals surface area contributed by atoms with Gasteiger partial charge in [-0.1, -0.05) is 0 Å². The Labute approximate surface area is 122 Å². The Morgan fingerprint density at radius 1 is 1.48 bits per heavy atom. The Hall–Kier alpha value is -2.21. The quantitative estimate of drug-likeness (QED) is 0.772. The predicted octanol–water partition coefficient (Wildman–Crippen LogP) is 1.34. The topological polar surface area (TPSA) is 88.5 Å². The van der Waals surface area contributed by atoms with Crippen molar-refractivity contribution in [3.8, 4) is 0 Å². The van der Waals surface area contributed by atoms with Crippen LogP contribution in [0, 0.1) is 5.92 Å². The molecule has 2 N–H and O–H groups in total. The number of pyridine rings is 1. The van der Waals surface area contributed by atoms with Crippen LogP contribution < -0.4 is 5.32 Å². The number of aromatic nitrogens is 1. The number of carbonyl (C=O) groups is 2. The largest absolute Gasteiger partial charge is 0.478 e. The fourth-order valence-corrected chi connectivity index (χ4v) is 2.14. The molecule has 0 bridgehead atoms. The normalized spacial score (nSPS) is 18.0. The number of nitrogens with one attached hydrogen (secondary N) is 1. The highest BCUT2D eigenvalue weighted by Crippen LogP contribution is 2.15. The molecular weight excluding hydrogens is 272 g/mol. The highest BCUT2D eigenvalue weighted by molar-refractivity contribution is 5.94. The molecule has 1 aliphatic heterocycles. The standard InChI is InChI=1S/C15H18N2O4/c18-14(19)2-1-12-7-13(9-16-8-12)15(20)17-5-3-11-4-6-21-10-11/h1-2,7-9,11H,3-6,10H2,(H,17,20)(H,18,19)/b2-1+. The van der Waals surface area contributed by atoms with Gasteiger partial charge in [-0.3, -0.25) is 9.78 Å². The van der Waals surface area contributed by atoms with Crippen molar-refractivity contribution in [1.29, 1.82) is 0 Å². The van der Waals surface area contributed by atoms with Crippen molar-refractivity contribution in [1.82, 2.24) is 10.3 Å². The third-order valence-corrected chi connectivity index (χ3v) is 3.30. The molecule has 0 radical (unpaired) electrons. The van der Waals surface area contributed by atoms with Gasteiger partial charge in [0.05, 0.1) is 5.56 Å². The molecule has 0 saturated carbocycles. The van der Waals surface area contributed by atoms with Crippen LogP contribution in [0.3, 0.4) is 0 Å². The van der Waals surface area contributed by atoms with Gasteiger partial charge in [0.25, 0.3) is 5.91 Å². The second-order valence-electron chi connectivity index (χ2n) is 4.95. The summed E-state index contributed by atoms with van der Waals surface area (Å²) in [6.45, 7) is 2.18. The molecule has 1 aromatic rings. The number of amides is 1. The van der Waals surface area contributed by atoms with E-state index in [-0.39, 0.29) is 5.91 Å². The van der Waals surface area contributed by atoms with Crippen LogP contribution in [0.4, 0.5) is 0 Å². The maximum atomic E-state index is 12.0. The smallest absolute Gasteiger partial charge is 0.328 e. The van der Waals surface area contributed by atoms with Gasteiger partial charge in [0.1, 0.15) is 0 Å². The Bertz CT molecular complexity index is 536. The van der Waals surface area contributed by atoms with Crippen LogP contribution in [0.5, 0.6) is 0 Å². The number of hydrogen-bond donors (Lipinski definition) is 2. The third-order valence-electron chi connectivity index (χ3n) is 3.30. The van der Waals surface area contributed by atoms with E-state index in [9.17, 15) is 9.59 Å². The van der Waals surface area contributed by atoms with E-state index in [0.717, 1.165) is 32.1 Å². The van der Waals surface area contributed by atoms with E-state index in [0.29, 0.717) is 23.6 Å². The summed E-state index contributed by atoms with van der Waals surface area (Å²) in [5, 5.41) is 11.4. The Kier molecular flexibility index (Phi) is 5.45. The first-order valence-electron chi connectivity index (χ1n) is 6.87. The van der Waals surface area contributed by atoms with Crippen molar-refractivity contribution < 1.29 is 19.4 Å². The number of ether oxygens (including phenoxy) is 1. The van der Waals surface area contributed by atoms with E-state index in [1.807, 2.05) is 0 Å². The minimum Gasteiger partial charge on any atom is -0.478 e. The van der Waals surface area contributed by atoms with Gasteiger partial charge in [0.15, 0.2) is 0 Å². The van der Waals surface area contributed by atoms with E-state index in [2.05, 4.69) is 10.3 Å². The molecule has 2 heterocycles. The number of hydrogen-bond acceptors (Lipinski definition) is 4. The molecule has 1 unspecified atom stereocenters. The first-order valence-corrected chi connectivity index (χ1v) is 6.87. The van der Waals surface area contributed by atoms with E-state index in [1.54, 1.807) is 6.07 Å². The Balaban J connectivity index is 1.86. The average molecular weight is 290 g/mol. The van der Waals surface area contributed by atoms with Crippen LogP contribution in [-0.2, 0) is 9.53 Å². The van der Waals surface area contributed by atoms with Gasteiger partial charge >= 0.3 is 5.97 Å². The van der Waals surface area contributed by atoms with E-state index >= 15 is 0 Å². The molecule has 1 saturated heterocycles. The predicted molar refractivity (Wildman–Crippen MR) is 76.8 cm³/mol. The minimum absolute atomic E-state index is 0.202. The lowest BCUT2D eigenvalue weighted by atomic mass is 10.1. The summed E-state index contributed by atoms with van der Waals surface area (Å²) in [4.78, 5) is 26.4. The number of carbonyl (C=O) groups excluding carboxylic acids is 1. The van der Waals surface area contributed by atoms with Gasteiger partial charge in [0.2, 0.25) is 0 Å². The summed E-state index contributed by atoms with van der Waals surface area (Å²) in [5.74, 6) is -0.719. The van der Waals surface area contributed by atoms with E-state index < -0.39 is 5.97 Å². The van der Waals surface area contributed by atoms with Gasteiger partial charge in [-0.15, -0.1) is 0 Å². The molecule has 1 fully saturated rings. The van der Waals surface area contributed by atoms with Gasteiger partial charge < -0.3 is 15.2 Å². The van der Waals surface area contributed by atoms with Gasteiger partial charge in [-0.25, -0.2) is 4.79 Å². The van der Waals surface area contributed by atoms with Crippen molar-refractivity contribution in [2.75, 3.05) is 19.8 Å². The van der Waals surface area contributed by atoms with Gasteiger partial charge in [-0.2, -0.15) is 0 Å². The number of rotatable bonds is 6. The number of carboxylic acid groups (broad SMARTS) is 1. The molecule has 1 aromatic heterocycles. The van der Waals surface area contributed by atoms with E-state index in [4.69, 9.17) is 9.84 Å². The fraction of sp³-hybridized carbons (Fsp3) is 0.400. The molecule has 2 rings (SSSR count). The second kappa shape index (κ2) is 7.54. The summed E-state index contributed by atoms with van der Waals surface area (Å²) >= 11 is 0. The highest BCUT2D eigenvalue weighted by atomic mass is 16.5. The monoisotopic (exact) mass is 290 g/mol. The fourth-order valence-electron chi connectivity index (χ4n) is 2.14. The lowest BCUT2D eigenvalue weighted by Crippen LogP contribution is -2.26. The molecule has 1 atom stereocenters. The SMILES string of the molecule is O=C(O)/C=C/c1cncc(C(=O)NCCC2CCOC2)c1. The summed E-state index contributed by atoms with van der Waals surface area (Å²) in [7, 11) is 0. The molecule has 0 aliphatic carbocycles. The van der Waals surface area contributed by atoms with Crippen molar-refractivity contribution in [3.05, 3.63) is 35.7 Å². The lowest BCUT2D eigenvalue weighted by Gasteiger charge is -2.09. The molecular formula is C15H18N2O4. The van der Waals surface area contributed by atoms with Crippen LogP contribution in [0.15, 0.2) is 24.5 Å². The molecule has 21 heavy (non-hydrogen) atoms. The maximum absolute atomic E-state index is 12.0. The number of carboxylic acids is 1. The second-order valence-corrected chi connectivity index (χ2v) is 4.95. The van der Waals surface area contributed by atoms with Gasteiger partial charge in [-0.05, 0) is 36.5 Å². The molecule has 1 amide bonds. The van der Waals surface area contributed by atoms with Gasteiger partial charge in [0, 0.05) is 38.2 Å². The lowest BCUT2D eigenvalue weighted by molar-refractivity contribution is -0.131. The van der Waals surface area contributed by atoms with Crippen molar-refractivity contribution in [3.63, 3.8) is 0 Å². The average Bonchev–Trinajstić information content (AvgIpc) is 2.98. The molecule has 6 heteroatoms. The zero-order chi connectivity index (χ0) is 15.1. The maximum Gasteiger partial charge on any atom is 0.328 e. The first kappa shape index (κ1) is 15.2. The van der Waals surface area contributed by atoms with Crippen molar-refractivity contribution in [2.45, 2.75) is 12.8 Å². The number of aliphatic carboxylic acids is 1. The Morgan fingerprint density at radius 2 is 2.33 bits per heavy atom. The van der Waals surface area contributed by atoms with Crippen molar-refractivity contribution >= 4 is 18.0 Å². The zero-order valence-corrected chi connectivity index (χ0v) is 11.6. The van der Waals surface area contributed by atoms with Crippen LogP contribution in [0.25, 0.3) is 6.08 Å². The van der Waals surface area contributed by atoms with Crippen molar-refractivity contribution in [2.24, 2.45) is 5.92 Å².